The molecular weight excluding hydrogens is 609 g/mol. The molecule has 234 valence electrons. The average molecular weight is 641 g/mol. The van der Waals surface area contributed by atoms with Crippen molar-refractivity contribution >= 4 is 29.2 Å². The summed E-state index contributed by atoms with van der Waals surface area (Å²) in [6.07, 6.45) is -0.986. The van der Waals surface area contributed by atoms with Gasteiger partial charge in [-0.1, -0.05) is 60.3 Å². The second kappa shape index (κ2) is 14.0. The number of halogens is 3. The number of hydrogen-bond donors (Lipinski definition) is 1. The van der Waals surface area contributed by atoms with E-state index < -0.39 is 11.7 Å². The Kier molecular flexibility index (Phi) is 9.49. The van der Waals surface area contributed by atoms with E-state index in [1.165, 1.54) is 23.9 Å². The van der Waals surface area contributed by atoms with Gasteiger partial charge in [0.2, 0.25) is 0 Å². The molecule has 11 heteroatoms. The highest BCUT2D eigenvalue weighted by Gasteiger charge is 2.31. The Morgan fingerprint density at radius 3 is 2.22 bits per heavy atom. The molecule has 1 aliphatic rings. The van der Waals surface area contributed by atoms with Gasteiger partial charge in [0.15, 0.2) is 5.16 Å². The van der Waals surface area contributed by atoms with Crippen LogP contribution in [0.1, 0.15) is 27.0 Å². The van der Waals surface area contributed by atoms with Crippen LogP contribution in [0.3, 0.4) is 0 Å². The lowest BCUT2D eigenvalue weighted by Gasteiger charge is -2.37. The molecule has 0 spiro atoms. The maximum atomic E-state index is 13.3. The third kappa shape index (κ3) is 7.84. The molecule has 0 radical (unpaired) electrons. The van der Waals surface area contributed by atoms with E-state index in [4.69, 9.17) is 9.97 Å². The van der Waals surface area contributed by atoms with Crippen LogP contribution in [-0.2, 0) is 18.5 Å². The molecular formula is C35H31F3N6OS. The van der Waals surface area contributed by atoms with Crippen LogP contribution in [0.2, 0.25) is 0 Å². The average Bonchev–Trinajstić information content (AvgIpc) is 3.10. The zero-order chi connectivity index (χ0) is 31.9. The smallest absolute Gasteiger partial charge is 0.368 e. The number of anilines is 2. The largest absolute Gasteiger partial charge is 0.416 e. The van der Waals surface area contributed by atoms with Gasteiger partial charge in [0.05, 0.1) is 11.3 Å². The van der Waals surface area contributed by atoms with E-state index in [0.717, 1.165) is 34.3 Å². The van der Waals surface area contributed by atoms with Crippen LogP contribution in [-0.4, -0.2) is 47.0 Å². The van der Waals surface area contributed by atoms with Crippen molar-refractivity contribution in [3.63, 3.8) is 0 Å². The van der Waals surface area contributed by atoms with Crippen molar-refractivity contribution in [1.29, 1.82) is 0 Å². The summed E-state index contributed by atoms with van der Waals surface area (Å²) in [5.41, 5.74) is 4.28. The molecule has 46 heavy (non-hydrogen) atoms. The van der Waals surface area contributed by atoms with Gasteiger partial charge in [-0.15, -0.1) is 0 Å². The number of aromatic nitrogens is 3. The number of rotatable bonds is 9. The predicted octanol–water partition coefficient (Wildman–Crippen LogP) is 7.11. The molecule has 7 nitrogen and oxygen atoms in total. The Morgan fingerprint density at radius 2 is 1.50 bits per heavy atom. The SMILES string of the molecule is O=C(NCc1ccncc1)c1ccc(CSc2nc(-c3ccccc3)cc(N3CCN(c4cccc(C(F)(F)F)c4)CC3)n2)cc1. The molecule has 6 rings (SSSR count). The van der Waals surface area contributed by atoms with Crippen molar-refractivity contribution in [2.45, 2.75) is 23.6 Å². The van der Waals surface area contributed by atoms with Crippen molar-refractivity contribution < 1.29 is 18.0 Å². The Labute approximate surface area is 269 Å². The fourth-order valence-electron chi connectivity index (χ4n) is 5.15. The van der Waals surface area contributed by atoms with Crippen molar-refractivity contribution in [1.82, 2.24) is 20.3 Å². The Hall–Kier alpha value is -4.90. The normalized spacial score (nSPS) is 13.5. The first-order valence-electron chi connectivity index (χ1n) is 14.8. The third-order valence-electron chi connectivity index (χ3n) is 7.69. The highest BCUT2D eigenvalue weighted by molar-refractivity contribution is 7.98. The van der Waals surface area contributed by atoms with Gasteiger partial charge in [0, 0.05) is 73.8 Å². The first-order valence-corrected chi connectivity index (χ1v) is 15.8. The number of benzene rings is 3. The highest BCUT2D eigenvalue weighted by Crippen LogP contribution is 2.33. The number of nitrogens with one attached hydrogen (secondary N) is 1. The van der Waals surface area contributed by atoms with Gasteiger partial charge >= 0.3 is 6.18 Å². The molecule has 3 aromatic carbocycles. The van der Waals surface area contributed by atoms with E-state index in [1.54, 1.807) is 18.5 Å². The lowest BCUT2D eigenvalue weighted by molar-refractivity contribution is -0.137. The molecule has 5 aromatic rings. The molecule has 1 amide bonds. The molecule has 1 saturated heterocycles. The quantitative estimate of drug-likeness (QED) is 0.136. The summed E-state index contributed by atoms with van der Waals surface area (Å²) in [4.78, 5) is 30.5. The number of piperazine rings is 1. The first kappa shape index (κ1) is 31.1. The molecule has 1 fully saturated rings. The van der Waals surface area contributed by atoms with Gasteiger partial charge in [-0.2, -0.15) is 13.2 Å². The standard InChI is InChI=1S/C35H31F3N6OS/c36-35(37,38)29-7-4-8-30(21-29)43-17-19-44(20-18-43)32-22-31(27-5-2-1-3-6-27)41-34(42-32)46-24-26-9-11-28(12-10-26)33(45)40-23-25-13-15-39-16-14-25/h1-16,21-22H,17-20,23-24H2,(H,40,45). The number of amides is 1. The fraction of sp³-hybridized carbons (Fsp3) is 0.200. The van der Waals surface area contributed by atoms with Crippen LogP contribution >= 0.6 is 11.8 Å². The number of pyridine rings is 1. The van der Waals surface area contributed by atoms with Crippen molar-refractivity contribution in [3.05, 3.63) is 132 Å². The Morgan fingerprint density at radius 1 is 0.783 bits per heavy atom. The Balaban J connectivity index is 1.13. The minimum Gasteiger partial charge on any atom is -0.368 e. The molecule has 1 aliphatic heterocycles. The van der Waals surface area contributed by atoms with Crippen LogP contribution in [0.4, 0.5) is 24.7 Å². The third-order valence-corrected chi connectivity index (χ3v) is 8.61. The molecule has 0 bridgehead atoms. The lowest BCUT2D eigenvalue weighted by Crippen LogP contribution is -2.47. The summed E-state index contributed by atoms with van der Waals surface area (Å²) >= 11 is 1.51. The van der Waals surface area contributed by atoms with Gasteiger partial charge < -0.3 is 15.1 Å². The molecule has 2 aromatic heterocycles. The van der Waals surface area contributed by atoms with Gasteiger partial charge in [0.25, 0.3) is 5.91 Å². The van der Waals surface area contributed by atoms with Crippen LogP contribution in [0.25, 0.3) is 11.3 Å². The van der Waals surface area contributed by atoms with Gasteiger partial charge in [-0.25, -0.2) is 9.97 Å². The minimum absolute atomic E-state index is 0.146. The molecule has 1 N–H and O–H groups in total. The van der Waals surface area contributed by atoms with Crippen molar-refractivity contribution in [2.24, 2.45) is 0 Å². The molecule has 0 unspecified atom stereocenters. The summed E-state index contributed by atoms with van der Waals surface area (Å²) in [7, 11) is 0. The summed E-state index contributed by atoms with van der Waals surface area (Å²) < 4.78 is 39.8. The summed E-state index contributed by atoms with van der Waals surface area (Å²) in [6, 6.07) is 28.6. The number of carbonyl (C=O) groups is 1. The predicted molar refractivity (Wildman–Crippen MR) is 175 cm³/mol. The van der Waals surface area contributed by atoms with Gasteiger partial charge in [-0.3, -0.25) is 9.78 Å². The van der Waals surface area contributed by atoms with Crippen LogP contribution in [0.5, 0.6) is 0 Å². The number of alkyl halides is 3. The van der Waals surface area contributed by atoms with E-state index in [9.17, 15) is 18.0 Å². The van der Waals surface area contributed by atoms with Crippen LogP contribution < -0.4 is 15.1 Å². The van der Waals surface area contributed by atoms with E-state index >= 15 is 0 Å². The highest BCUT2D eigenvalue weighted by atomic mass is 32.2. The van der Waals surface area contributed by atoms with Crippen molar-refractivity contribution in [2.75, 3.05) is 36.0 Å². The second-order valence-corrected chi connectivity index (χ2v) is 11.7. The summed E-state index contributed by atoms with van der Waals surface area (Å²) in [5, 5.41) is 3.55. The van der Waals surface area contributed by atoms with E-state index in [2.05, 4.69) is 15.2 Å². The van der Waals surface area contributed by atoms with Crippen molar-refractivity contribution in [3.8, 4) is 11.3 Å². The van der Waals surface area contributed by atoms with Crippen LogP contribution in [0, 0.1) is 0 Å². The van der Waals surface area contributed by atoms with E-state index in [1.807, 2.05) is 77.7 Å². The van der Waals surface area contributed by atoms with Gasteiger partial charge in [0.1, 0.15) is 5.82 Å². The fourth-order valence-corrected chi connectivity index (χ4v) is 5.96. The monoisotopic (exact) mass is 640 g/mol. The molecule has 3 heterocycles. The maximum Gasteiger partial charge on any atom is 0.416 e. The summed E-state index contributed by atoms with van der Waals surface area (Å²) in [5.74, 6) is 1.24. The second-order valence-electron chi connectivity index (χ2n) is 10.8. The van der Waals surface area contributed by atoms with Gasteiger partial charge in [-0.05, 0) is 53.6 Å². The topological polar surface area (TPSA) is 74.2 Å². The minimum atomic E-state index is -4.38. The molecule has 0 saturated carbocycles. The van der Waals surface area contributed by atoms with Crippen LogP contribution in [0.15, 0.2) is 115 Å². The zero-order valence-electron chi connectivity index (χ0n) is 24.8. The first-order chi connectivity index (χ1) is 22.3. The van der Waals surface area contributed by atoms with E-state index in [-0.39, 0.29) is 5.91 Å². The number of thioether (sulfide) groups is 1. The molecule has 0 aliphatic carbocycles. The number of carbonyl (C=O) groups excluding carboxylic acids is 1. The number of nitrogens with zero attached hydrogens (tertiary/aromatic N) is 5. The zero-order valence-corrected chi connectivity index (χ0v) is 25.6. The molecule has 0 atom stereocenters. The summed E-state index contributed by atoms with van der Waals surface area (Å²) in [6.45, 7) is 2.77. The van der Waals surface area contributed by atoms with E-state index in [0.29, 0.717) is 54.9 Å². The number of hydrogen-bond acceptors (Lipinski definition) is 7. The Bertz CT molecular complexity index is 1760. The maximum absolute atomic E-state index is 13.3. The lowest BCUT2D eigenvalue weighted by atomic mass is 10.1.